The number of ether oxygens (including phenoxy) is 1. The van der Waals surface area contributed by atoms with Crippen molar-refractivity contribution in [2.45, 2.75) is 19.8 Å². The molecule has 4 nitrogen and oxygen atoms in total. The van der Waals surface area contributed by atoms with Gasteiger partial charge < -0.3 is 10.1 Å². The lowest BCUT2D eigenvalue weighted by Crippen LogP contribution is -2.10. The predicted molar refractivity (Wildman–Crippen MR) is 76.9 cm³/mol. The summed E-state index contributed by atoms with van der Waals surface area (Å²) >= 11 is 7.84. The van der Waals surface area contributed by atoms with E-state index in [4.69, 9.17) is 16.3 Å². The molecular weight excluding hydrogens is 270 g/mol. The van der Waals surface area contributed by atoms with Crippen molar-refractivity contribution in [3.05, 3.63) is 16.1 Å². The molecule has 0 atom stereocenters. The molecule has 2 aromatic rings. The van der Waals surface area contributed by atoms with Gasteiger partial charge in [-0.25, -0.2) is 9.97 Å². The summed E-state index contributed by atoms with van der Waals surface area (Å²) in [7, 11) is 1.66. The maximum atomic E-state index is 6.18. The summed E-state index contributed by atoms with van der Waals surface area (Å²) in [5.41, 5.74) is 0. The summed E-state index contributed by atoms with van der Waals surface area (Å²) in [6, 6.07) is 2.08. The standard InChI is InChI=1S/C12H16ClN3OS/c1-7(2)9-6-8-10(13)15-12(14-4-5-17-3)16-11(8)18-9/h6-7H,4-5H2,1-3H3,(H,14,15,16). The summed E-state index contributed by atoms with van der Waals surface area (Å²) in [6.07, 6.45) is 0. The van der Waals surface area contributed by atoms with Crippen molar-refractivity contribution in [1.29, 1.82) is 0 Å². The predicted octanol–water partition coefficient (Wildman–Crippen LogP) is 3.53. The van der Waals surface area contributed by atoms with Crippen LogP contribution >= 0.6 is 22.9 Å². The van der Waals surface area contributed by atoms with Gasteiger partial charge in [-0.2, -0.15) is 0 Å². The molecule has 0 aliphatic carbocycles. The van der Waals surface area contributed by atoms with Crippen LogP contribution in [0, 0.1) is 0 Å². The van der Waals surface area contributed by atoms with Gasteiger partial charge in [-0.3, -0.25) is 0 Å². The number of aromatic nitrogens is 2. The average molecular weight is 286 g/mol. The van der Waals surface area contributed by atoms with E-state index in [1.54, 1.807) is 18.4 Å². The minimum absolute atomic E-state index is 0.477. The number of hydrogen-bond donors (Lipinski definition) is 1. The highest BCUT2D eigenvalue weighted by Crippen LogP contribution is 2.33. The van der Waals surface area contributed by atoms with Gasteiger partial charge in [0.1, 0.15) is 9.98 Å². The Balaban J connectivity index is 2.30. The van der Waals surface area contributed by atoms with Crippen LogP contribution in [0.1, 0.15) is 24.6 Å². The highest BCUT2D eigenvalue weighted by molar-refractivity contribution is 7.18. The third kappa shape index (κ3) is 2.91. The summed E-state index contributed by atoms with van der Waals surface area (Å²) in [5, 5.41) is 4.53. The molecule has 2 heterocycles. The largest absolute Gasteiger partial charge is 0.383 e. The Morgan fingerprint density at radius 2 is 2.22 bits per heavy atom. The molecule has 18 heavy (non-hydrogen) atoms. The third-order valence-corrected chi connectivity index (χ3v) is 4.14. The Labute approximate surface area is 115 Å². The zero-order chi connectivity index (χ0) is 13.1. The maximum absolute atomic E-state index is 6.18. The maximum Gasteiger partial charge on any atom is 0.225 e. The van der Waals surface area contributed by atoms with E-state index in [0.29, 0.717) is 30.2 Å². The number of anilines is 1. The number of methoxy groups -OCH3 is 1. The van der Waals surface area contributed by atoms with Crippen LogP contribution in [0.15, 0.2) is 6.07 Å². The topological polar surface area (TPSA) is 47.0 Å². The molecule has 0 saturated carbocycles. The van der Waals surface area contributed by atoms with Crippen molar-refractivity contribution >= 4 is 39.1 Å². The van der Waals surface area contributed by atoms with E-state index in [0.717, 1.165) is 10.2 Å². The van der Waals surface area contributed by atoms with E-state index in [-0.39, 0.29) is 0 Å². The van der Waals surface area contributed by atoms with Crippen LogP contribution in [0.4, 0.5) is 5.95 Å². The average Bonchev–Trinajstić information content (AvgIpc) is 2.74. The molecular formula is C12H16ClN3OS. The smallest absolute Gasteiger partial charge is 0.225 e. The molecule has 0 aliphatic rings. The molecule has 0 bridgehead atoms. The van der Waals surface area contributed by atoms with Crippen LogP contribution < -0.4 is 5.32 Å². The van der Waals surface area contributed by atoms with Gasteiger partial charge >= 0.3 is 0 Å². The van der Waals surface area contributed by atoms with Gasteiger partial charge in [-0.1, -0.05) is 25.4 Å². The third-order valence-electron chi connectivity index (χ3n) is 2.52. The van der Waals surface area contributed by atoms with Crippen LogP contribution in [-0.2, 0) is 4.74 Å². The van der Waals surface area contributed by atoms with Crippen molar-refractivity contribution < 1.29 is 4.74 Å². The molecule has 2 rings (SSSR count). The number of nitrogens with zero attached hydrogens (tertiary/aromatic N) is 2. The quantitative estimate of drug-likeness (QED) is 0.674. The van der Waals surface area contributed by atoms with Crippen molar-refractivity contribution in [3.63, 3.8) is 0 Å². The Bertz CT molecular complexity index is 541. The van der Waals surface area contributed by atoms with Crippen LogP contribution in [0.5, 0.6) is 0 Å². The second-order valence-electron chi connectivity index (χ2n) is 4.28. The summed E-state index contributed by atoms with van der Waals surface area (Å²) in [5.74, 6) is 1.03. The number of fused-ring (bicyclic) bond motifs is 1. The number of halogens is 1. The van der Waals surface area contributed by atoms with Gasteiger partial charge in [0, 0.05) is 23.9 Å². The molecule has 0 spiro atoms. The molecule has 0 unspecified atom stereocenters. The highest BCUT2D eigenvalue weighted by atomic mass is 35.5. The lowest BCUT2D eigenvalue weighted by Gasteiger charge is -2.04. The number of hydrogen-bond acceptors (Lipinski definition) is 5. The van der Waals surface area contributed by atoms with Crippen LogP contribution in [0.25, 0.3) is 10.2 Å². The fraction of sp³-hybridized carbons (Fsp3) is 0.500. The monoisotopic (exact) mass is 285 g/mol. The Kier molecular flexibility index (Phi) is 4.37. The molecule has 0 saturated heterocycles. The summed E-state index contributed by atoms with van der Waals surface area (Å²) in [4.78, 5) is 10.9. The molecule has 1 N–H and O–H groups in total. The van der Waals surface area contributed by atoms with E-state index >= 15 is 0 Å². The Hall–Kier alpha value is -0.910. The van der Waals surface area contributed by atoms with E-state index in [1.165, 1.54) is 4.88 Å². The Morgan fingerprint density at radius 1 is 1.44 bits per heavy atom. The lowest BCUT2D eigenvalue weighted by atomic mass is 10.2. The molecule has 6 heteroatoms. The second kappa shape index (κ2) is 5.82. The zero-order valence-electron chi connectivity index (χ0n) is 10.7. The normalized spacial score (nSPS) is 11.4. The molecule has 0 aromatic carbocycles. The molecule has 2 aromatic heterocycles. The van der Waals surface area contributed by atoms with Crippen LogP contribution in [0.3, 0.4) is 0 Å². The van der Waals surface area contributed by atoms with E-state index < -0.39 is 0 Å². The SMILES string of the molecule is COCCNc1nc(Cl)c2cc(C(C)C)sc2n1. The minimum atomic E-state index is 0.477. The zero-order valence-corrected chi connectivity index (χ0v) is 12.2. The Morgan fingerprint density at radius 3 is 2.89 bits per heavy atom. The van der Waals surface area contributed by atoms with Crippen molar-refractivity contribution in [2.24, 2.45) is 0 Å². The van der Waals surface area contributed by atoms with E-state index in [2.05, 4.69) is 35.2 Å². The number of thiophene rings is 1. The molecule has 0 amide bonds. The van der Waals surface area contributed by atoms with Gasteiger partial charge in [0.05, 0.1) is 6.61 Å². The van der Waals surface area contributed by atoms with Crippen molar-refractivity contribution in [3.8, 4) is 0 Å². The fourth-order valence-corrected chi connectivity index (χ4v) is 2.85. The lowest BCUT2D eigenvalue weighted by molar-refractivity contribution is 0.210. The van der Waals surface area contributed by atoms with Gasteiger partial charge in [0.15, 0.2) is 0 Å². The van der Waals surface area contributed by atoms with E-state index in [9.17, 15) is 0 Å². The first-order valence-electron chi connectivity index (χ1n) is 5.81. The highest BCUT2D eigenvalue weighted by Gasteiger charge is 2.11. The first kappa shape index (κ1) is 13.5. The van der Waals surface area contributed by atoms with Gasteiger partial charge in [-0.15, -0.1) is 11.3 Å². The molecule has 98 valence electrons. The molecule has 0 aliphatic heterocycles. The summed E-state index contributed by atoms with van der Waals surface area (Å²) < 4.78 is 4.97. The van der Waals surface area contributed by atoms with Crippen LogP contribution in [-0.4, -0.2) is 30.2 Å². The number of nitrogens with one attached hydrogen (secondary N) is 1. The first-order valence-corrected chi connectivity index (χ1v) is 7.01. The minimum Gasteiger partial charge on any atom is -0.383 e. The summed E-state index contributed by atoms with van der Waals surface area (Å²) in [6.45, 7) is 5.59. The molecule has 0 fully saturated rings. The van der Waals surface area contributed by atoms with E-state index in [1.807, 2.05) is 0 Å². The van der Waals surface area contributed by atoms with Gasteiger partial charge in [0.2, 0.25) is 5.95 Å². The van der Waals surface area contributed by atoms with Crippen LogP contribution in [0.2, 0.25) is 5.15 Å². The first-order chi connectivity index (χ1) is 8.61. The van der Waals surface area contributed by atoms with Crippen molar-refractivity contribution in [2.75, 3.05) is 25.6 Å². The van der Waals surface area contributed by atoms with Crippen molar-refractivity contribution in [1.82, 2.24) is 9.97 Å². The molecule has 0 radical (unpaired) electrons. The fourth-order valence-electron chi connectivity index (χ4n) is 1.53. The number of rotatable bonds is 5. The van der Waals surface area contributed by atoms with Gasteiger partial charge in [-0.05, 0) is 12.0 Å². The van der Waals surface area contributed by atoms with Gasteiger partial charge in [0.25, 0.3) is 0 Å². The second-order valence-corrected chi connectivity index (χ2v) is 5.70.